The average Bonchev–Trinajstić information content (AvgIpc) is 3.55. The van der Waals surface area contributed by atoms with Gasteiger partial charge in [0.1, 0.15) is 0 Å². The summed E-state index contributed by atoms with van der Waals surface area (Å²) in [7, 11) is 0. The fourth-order valence-corrected chi connectivity index (χ4v) is 5.29. The second-order valence-electron chi connectivity index (χ2n) is 9.99. The number of aromatic amines is 1. The molecule has 2 N–H and O–H groups in total. The largest absolute Gasteiger partial charge is 0.391 e. The Hall–Kier alpha value is -3.59. The molecule has 2 unspecified atom stereocenters. The molecule has 1 aliphatic carbocycles. The predicted octanol–water partition coefficient (Wildman–Crippen LogP) is 4.54. The average molecular weight is 502 g/mol. The number of aromatic nitrogens is 7. The summed E-state index contributed by atoms with van der Waals surface area (Å²) in [5.74, 6) is 0.625. The zero-order valence-corrected chi connectivity index (χ0v) is 21.4. The molecule has 4 aromatic rings. The van der Waals surface area contributed by atoms with Crippen LogP contribution in [0.3, 0.4) is 0 Å². The van der Waals surface area contributed by atoms with Crippen molar-refractivity contribution in [2.45, 2.75) is 83.4 Å². The van der Waals surface area contributed by atoms with E-state index in [1.165, 1.54) is 0 Å². The molecule has 194 valence electrons. The van der Waals surface area contributed by atoms with E-state index in [1.807, 2.05) is 51.7 Å². The molecule has 9 nitrogen and oxygen atoms in total. The molecule has 0 aliphatic heterocycles. The van der Waals surface area contributed by atoms with E-state index in [2.05, 4.69) is 32.5 Å². The molecule has 1 saturated carbocycles. The number of pyridine rings is 1. The number of H-pyrrole nitrogens is 1. The van der Waals surface area contributed by atoms with E-state index in [9.17, 15) is 9.90 Å². The van der Waals surface area contributed by atoms with Crippen LogP contribution in [0.4, 0.5) is 0 Å². The number of aliphatic hydroxyl groups excluding tert-OH is 1. The van der Waals surface area contributed by atoms with Gasteiger partial charge in [-0.05, 0) is 59.4 Å². The number of rotatable bonds is 8. The van der Waals surface area contributed by atoms with E-state index in [-0.39, 0.29) is 11.7 Å². The van der Waals surface area contributed by atoms with Gasteiger partial charge in [0.25, 0.3) is 0 Å². The van der Waals surface area contributed by atoms with Crippen molar-refractivity contribution in [3.63, 3.8) is 0 Å². The standard InChI is InChI=1S/C28H35N7O2/c1-2-3-8-24-19-35(25-9-6-4-5-7-10-26(25)36)28(37)34(24)18-23-17-22(15-16-29-23)20-11-13-21(14-12-20)27-30-32-33-31-27/h11-17,19,25-26,36H,2-10,18H2,1H3,(H,30,31,32,33). The van der Waals surface area contributed by atoms with Crippen LogP contribution in [0.2, 0.25) is 0 Å². The first-order valence-corrected chi connectivity index (χ1v) is 13.4. The Morgan fingerprint density at radius 3 is 2.57 bits per heavy atom. The van der Waals surface area contributed by atoms with E-state index < -0.39 is 6.10 Å². The number of benzene rings is 1. The maximum Gasteiger partial charge on any atom is 0.329 e. The Labute approximate surface area is 216 Å². The fraction of sp³-hybridized carbons (Fsp3) is 0.464. The molecule has 0 radical (unpaired) electrons. The lowest BCUT2D eigenvalue weighted by Crippen LogP contribution is -2.34. The third-order valence-corrected chi connectivity index (χ3v) is 7.40. The van der Waals surface area contributed by atoms with Gasteiger partial charge in [0.15, 0.2) is 5.82 Å². The first-order chi connectivity index (χ1) is 18.1. The highest BCUT2D eigenvalue weighted by Gasteiger charge is 2.26. The number of aryl methyl sites for hydroxylation is 1. The van der Waals surface area contributed by atoms with Crippen LogP contribution in [-0.2, 0) is 13.0 Å². The number of nitrogens with one attached hydrogen (secondary N) is 1. The van der Waals surface area contributed by atoms with Crippen LogP contribution >= 0.6 is 0 Å². The molecule has 37 heavy (non-hydrogen) atoms. The van der Waals surface area contributed by atoms with Gasteiger partial charge in [0, 0.05) is 23.7 Å². The third kappa shape index (κ3) is 5.72. The quantitative estimate of drug-likeness (QED) is 0.366. The molecule has 0 spiro atoms. The van der Waals surface area contributed by atoms with Gasteiger partial charge in [-0.25, -0.2) is 9.89 Å². The van der Waals surface area contributed by atoms with E-state index >= 15 is 0 Å². The summed E-state index contributed by atoms with van der Waals surface area (Å²) >= 11 is 0. The Kier molecular flexibility index (Phi) is 7.89. The molecule has 0 bridgehead atoms. The minimum absolute atomic E-state index is 0.0482. The van der Waals surface area contributed by atoms with Crippen LogP contribution in [-0.4, -0.2) is 46.0 Å². The van der Waals surface area contributed by atoms with Crippen molar-refractivity contribution in [2.75, 3.05) is 0 Å². The summed E-state index contributed by atoms with van der Waals surface area (Å²) in [4.78, 5) is 18.3. The summed E-state index contributed by atoms with van der Waals surface area (Å²) < 4.78 is 3.66. The molecule has 1 aromatic carbocycles. The minimum atomic E-state index is -0.481. The number of hydrogen-bond acceptors (Lipinski definition) is 6. The third-order valence-electron chi connectivity index (χ3n) is 7.40. The van der Waals surface area contributed by atoms with Crippen molar-refractivity contribution in [2.24, 2.45) is 0 Å². The van der Waals surface area contributed by atoms with Gasteiger partial charge in [-0.15, -0.1) is 5.10 Å². The molecule has 3 heterocycles. The van der Waals surface area contributed by atoms with Gasteiger partial charge in [-0.1, -0.05) is 63.3 Å². The molecular formula is C28H35N7O2. The number of nitrogens with zero attached hydrogens (tertiary/aromatic N) is 6. The highest BCUT2D eigenvalue weighted by Crippen LogP contribution is 2.27. The Morgan fingerprint density at radius 2 is 1.81 bits per heavy atom. The SMILES string of the molecule is CCCCc1cn(C2CCCCCCC2O)c(=O)n1Cc1cc(-c2ccc(-c3nnn[nH]3)cc2)ccn1. The topological polar surface area (TPSA) is 115 Å². The number of hydrogen-bond donors (Lipinski definition) is 2. The van der Waals surface area contributed by atoms with Crippen molar-refractivity contribution in [1.29, 1.82) is 0 Å². The number of unbranched alkanes of at least 4 members (excludes halogenated alkanes) is 1. The van der Waals surface area contributed by atoms with Gasteiger partial charge in [0.05, 0.1) is 24.4 Å². The summed E-state index contributed by atoms with van der Waals surface area (Å²) in [5, 5.41) is 24.9. The van der Waals surface area contributed by atoms with Gasteiger partial charge >= 0.3 is 5.69 Å². The second-order valence-corrected chi connectivity index (χ2v) is 9.99. The highest BCUT2D eigenvalue weighted by molar-refractivity contribution is 5.67. The summed E-state index contributed by atoms with van der Waals surface area (Å²) in [6, 6.07) is 11.9. The number of tetrazole rings is 1. The van der Waals surface area contributed by atoms with Crippen LogP contribution in [0, 0.1) is 0 Å². The fourth-order valence-electron chi connectivity index (χ4n) is 5.29. The van der Waals surface area contributed by atoms with Crippen LogP contribution in [0.5, 0.6) is 0 Å². The van der Waals surface area contributed by atoms with Crippen LogP contribution in [0.1, 0.15) is 75.7 Å². The molecule has 1 aliphatic rings. The van der Waals surface area contributed by atoms with E-state index in [1.54, 1.807) is 6.20 Å². The Morgan fingerprint density at radius 1 is 1.03 bits per heavy atom. The first kappa shape index (κ1) is 25.1. The molecule has 9 heteroatoms. The number of aliphatic hydroxyl groups is 1. The molecule has 1 fully saturated rings. The van der Waals surface area contributed by atoms with Crippen molar-refractivity contribution in [1.82, 2.24) is 34.7 Å². The molecule has 5 rings (SSSR count). The molecule has 0 amide bonds. The zero-order chi connectivity index (χ0) is 25.6. The molecule has 3 aromatic heterocycles. The summed E-state index contributed by atoms with van der Waals surface area (Å²) in [6.07, 6.45) is 12.2. The highest BCUT2D eigenvalue weighted by atomic mass is 16.3. The maximum atomic E-state index is 13.7. The van der Waals surface area contributed by atoms with Crippen LogP contribution < -0.4 is 5.69 Å². The van der Waals surface area contributed by atoms with Gasteiger partial charge < -0.3 is 5.11 Å². The number of imidazole rings is 1. The predicted molar refractivity (Wildman–Crippen MR) is 142 cm³/mol. The Bertz CT molecular complexity index is 1340. The zero-order valence-electron chi connectivity index (χ0n) is 21.4. The van der Waals surface area contributed by atoms with Gasteiger partial charge in [0.2, 0.25) is 0 Å². The second kappa shape index (κ2) is 11.6. The van der Waals surface area contributed by atoms with Crippen molar-refractivity contribution in [3.8, 4) is 22.5 Å². The summed E-state index contributed by atoms with van der Waals surface area (Å²) in [6.45, 7) is 2.57. The van der Waals surface area contributed by atoms with Crippen LogP contribution in [0.25, 0.3) is 22.5 Å². The molecule has 0 saturated heterocycles. The minimum Gasteiger partial charge on any atom is -0.391 e. The lowest BCUT2D eigenvalue weighted by atomic mass is 9.94. The molecule has 2 atom stereocenters. The lowest BCUT2D eigenvalue weighted by molar-refractivity contribution is 0.0868. The van der Waals surface area contributed by atoms with Crippen molar-refractivity contribution >= 4 is 0 Å². The van der Waals surface area contributed by atoms with E-state index in [0.717, 1.165) is 85.9 Å². The first-order valence-electron chi connectivity index (χ1n) is 13.4. The molecular weight excluding hydrogens is 466 g/mol. The van der Waals surface area contributed by atoms with Gasteiger partial charge in [-0.2, -0.15) is 0 Å². The smallest absolute Gasteiger partial charge is 0.329 e. The van der Waals surface area contributed by atoms with Crippen molar-refractivity contribution < 1.29 is 5.11 Å². The summed E-state index contributed by atoms with van der Waals surface area (Å²) in [5.41, 5.74) is 4.79. The van der Waals surface area contributed by atoms with Gasteiger partial charge in [-0.3, -0.25) is 14.1 Å². The van der Waals surface area contributed by atoms with E-state index in [4.69, 9.17) is 0 Å². The Balaban J connectivity index is 1.42. The van der Waals surface area contributed by atoms with E-state index in [0.29, 0.717) is 12.4 Å². The normalized spacial score (nSPS) is 18.4. The monoisotopic (exact) mass is 501 g/mol. The maximum absolute atomic E-state index is 13.7. The van der Waals surface area contributed by atoms with Crippen LogP contribution in [0.15, 0.2) is 53.6 Å². The lowest BCUT2D eigenvalue weighted by Gasteiger charge is -2.25. The van der Waals surface area contributed by atoms with Crippen molar-refractivity contribution in [3.05, 3.63) is 70.7 Å².